The lowest BCUT2D eigenvalue weighted by molar-refractivity contribution is -0.115. The third-order valence-electron chi connectivity index (χ3n) is 3.70. The Morgan fingerprint density at radius 2 is 2.15 bits per heavy atom. The maximum absolute atomic E-state index is 12.3. The molecule has 8 heteroatoms. The molecular formula is C18H19BrN4O2S. The van der Waals surface area contributed by atoms with Gasteiger partial charge < -0.3 is 10.1 Å². The Bertz CT molecular complexity index is 906. The Hall–Kier alpha value is -2.19. The van der Waals surface area contributed by atoms with Gasteiger partial charge in [0, 0.05) is 5.38 Å². The van der Waals surface area contributed by atoms with Gasteiger partial charge in [-0.2, -0.15) is 5.10 Å². The first kappa shape index (κ1) is 18.6. The zero-order valence-corrected chi connectivity index (χ0v) is 16.9. The van der Waals surface area contributed by atoms with Crippen molar-refractivity contribution in [3.05, 3.63) is 45.5 Å². The number of amides is 1. The summed E-state index contributed by atoms with van der Waals surface area (Å²) in [4.78, 5) is 16.9. The molecule has 1 amide bonds. The van der Waals surface area contributed by atoms with Gasteiger partial charge in [0.05, 0.1) is 34.5 Å². The zero-order valence-electron chi connectivity index (χ0n) is 14.5. The molecular weight excluding hydrogens is 416 g/mol. The van der Waals surface area contributed by atoms with E-state index >= 15 is 0 Å². The van der Waals surface area contributed by atoms with Crippen molar-refractivity contribution in [2.45, 2.75) is 26.7 Å². The number of carbonyl (C=O) groups excluding carboxylic acids is 1. The van der Waals surface area contributed by atoms with Gasteiger partial charge in [-0.1, -0.05) is 19.1 Å². The van der Waals surface area contributed by atoms with Crippen molar-refractivity contribution in [2.75, 3.05) is 11.9 Å². The summed E-state index contributed by atoms with van der Waals surface area (Å²) < 4.78 is 6.45. The number of rotatable bonds is 7. The SMILES string of the molecule is CCOc1ccccc1-c1nc(CC(=O)Nc2n[nH]c(CC)c2Br)cs1. The number of nitrogens with one attached hydrogen (secondary N) is 2. The minimum absolute atomic E-state index is 0.158. The quantitative estimate of drug-likeness (QED) is 0.575. The highest BCUT2D eigenvalue weighted by Gasteiger charge is 2.15. The Kier molecular flexibility index (Phi) is 6.05. The molecule has 2 heterocycles. The van der Waals surface area contributed by atoms with Crippen LogP contribution in [0.25, 0.3) is 10.6 Å². The first-order valence-electron chi connectivity index (χ1n) is 8.31. The average molecular weight is 435 g/mol. The molecule has 0 bridgehead atoms. The molecule has 0 aliphatic rings. The molecule has 0 aliphatic heterocycles. The van der Waals surface area contributed by atoms with E-state index in [-0.39, 0.29) is 12.3 Å². The number of aryl methyl sites for hydroxylation is 1. The maximum Gasteiger partial charge on any atom is 0.231 e. The van der Waals surface area contributed by atoms with E-state index < -0.39 is 0 Å². The molecule has 136 valence electrons. The lowest BCUT2D eigenvalue weighted by Crippen LogP contribution is -2.15. The number of para-hydroxylation sites is 1. The molecule has 0 aliphatic carbocycles. The van der Waals surface area contributed by atoms with Crippen LogP contribution in [-0.4, -0.2) is 27.7 Å². The molecule has 0 saturated carbocycles. The van der Waals surface area contributed by atoms with Crippen molar-refractivity contribution in [2.24, 2.45) is 0 Å². The molecule has 3 aromatic rings. The topological polar surface area (TPSA) is 79.9 Å². The van der Waals surface area contributed by atoms with E-state index in [0.29, 0.717) is 12.4 Å². The molecule has 0 fully saturated rings. The highest BCUT2D eigenvalue weighted by atomic mass is 79.9. The number of hydrogen-bond donors (Lipinski definition) is 2. The summed E-state index contributed by atoms with van der Waals surface area (Å²) in [5, 5.41) is 12.6. The molecule has 0 saturated heterocycles. The van der Waals surface area contributed by atoms with E-state index in [1.165, 1.54) is 11.3 Å². The Labute approximate surface area is 164 Å². The number of hydrogen-bond acceptors (Lipinski definition) is 5. The fourth-order valence-electron chi connectivity index (χ4n) is 2.46. The number of carbonyl (C=O) groups is 1. The predicted octanol–water partition coefficient (Wildman–Crippen LogP) is 4.44. The van der Waals surface area contributed by atoms with E-state index in [9.17, 15) is 4.79 Å². The lowest BCUT2D eigenvalue weighted by atomic mass is 10.2. The number of anilines is 1. The Morgan fingerprint density at radius 3 is 2.88 bits per heavy atom. The predicted molar refractivity (Wildman–Crippen MR) is 107 cm³/mol. The van der Waals surface area contributed by atoms with Crippen molar-refractivity contribution in [3.63, 3.8) is 0 Å². The molecule has 2 aromatic heterocycles. The molecule has 3 rings (SSSR count). The highest BCUT2D eigenvalue weighted by molar-refractivity contribution is 9.10. The van der Waals surface area contributed by atoms with Crippen LogP contribution >= 0.6 is 27.3 Å². The number of halogens is 1. The highest BCUT2D eigenvalue weighted by Crippen LogP contribution is 2.32. The van der Waals surface area contributed by atoms with Crippen molar-refractivity contribution >= 4 is 39.0 Å². The van der Waals surface area contributed by atoms with Crippen LogP contribution in [0.4, 0.5) is 5.82 Å². The number of aromatic nitrogens is 3. The molecule has 1 aromatic carbocycles. The number of thiazole rings is 1. The van der Waals surface area contributed by atoms with Crippen LogP contribution in [-0.2, 0) is 17.6 Å². The Balaban J connectivity index is 1.70. The number of benzene rings is 1. The van der Waals surface area contributed by atoms with Gasteiger partial charge in [-0.05, 0) is 41.4 Å². The van der Waals surface area contributed by atoms with Crippen LogP contribution in [0.3, 0.4) is 0 Å². The van der Waals surface area contributed by atoms with Gasteiger partial charge in [-0.15, -0.1) is 11.3 Å². The van der Waals surface area contributed by atoms with Crippen molar-refractivity contribution in [3.8, 4) is 16.3 Å². The van der Waals surface area contributed by atoms with Crippen LogP contribution in [0, 0.1) is 0 Å². The zero-order chi connectivity index (χ0) is 18.5. The van der Waals surface area contributed by atoms with Gasteiger partial charge in [0.2, 0.25) is 5.91 Å². The molecule has 0 unspecified atom stereocenters. The fraction of sp³-hybridized carbons (Fsp3) is 0.278. The second kappa shape index (κ2) is 8.46. The van der Waals surface area contributed by atoms with E-state index in [1.54, 1.807) is 0 Å². The van der Waals surface area contributed by atoms with Crippen LogP contribution in [0.2, 0.25) is 0 Å². The fourth-order valence-corrected chi connectivity index (χ4v) is 3.86. The van der Waals surface area contributed by atoms with Gasteiger partial charge >= 0.3 is 0 Å². The number of aromatic amines is 1. The largest absolute Gasteiger partial charge is 0.493 e. The second-order valence-electron chi connectivity index (χ2n) is 5.52. The van der Waals surface area contributed by atoms with Gasteiger partial charge in [0.25, 0.3) is 0 Å². The summed E-state index contributed by atoms with van der Waals surface area (Å²) >= 11 is 4.95. The van der Waals surface area contributed by atoms with E-state index in [2.05, 4.69) is 36.4 Å². The van der Waals surface area contributed by atoms with Crippen LogP contribution in [0.5, 0.6) is 5.75 Å². The maximum atomic E-state index is 12.3. The van der Waals surface area contributed by atoms with Gasteiger partial charge in [-0.3, -0.25) is 9.89 Å². The minimum Gasteiger partial charge on any atom is -0.493 e. The summed E-state index contributed by atoms with van der Waals surface area (Å²) in [6.07, 6.45) is 0.992. The van der Waals surface area contributed by atoms with Gasteiger partial charge in [0.15, 0.2) is 5.82 Å². The summed E-state index contributed by atoms with van der Waals surface area (Å²) in [6.45, 7) is 4.56. The third kappa shape index (κ3) is 4.13. The summed E-state index contributed by atoms with van der Waals surface area (Å²) in [7, 11) is 0. The first-order valence-corrected chi connectivity index (χ1v) is 9.98. The normalized spacial score (nSPS) is 10.7. The average Bonchev–Trinajstić information content (AvgIpc) is 3.23. The number of H-pyrrole nitrogens is 1. The molecule has 0 spiro atoms. The second-order valence-corrected chi connectivity index (χ2v) is 7.17. The molecule has 26 heavy (non-hydrogen) atoms. The van der Waals surface area contributed by atoms with Crippen LogP contribution in [0.15, 0.2) is 34.1 Å². The molecule has 0 radical (unpaired) electrons. The monoisotopic (exact) mass is 434 g/mol. The number of nitrogens with zero attached hydrogens (tertiary/aromatic N) is 2. The summed E-state index contributed by atoms with van der Waals surface area (Å²) in [5.74, 6) is 1.15. The number of ether oxygens (including phenoxy) is 1. The molecule has 6 nitrogen and oxygen atoms in total. The van der Waals surface area contributed by atoms with E-state index in [4.69, 9.17) is 4.74 Å². The lowest BCUT2D eigenvalue weighted by Gasteiger charge is -2.07. The standard InChI is InChI=1S/C18H19BrN4O2S/c1-3-13-16(19)17(23-22-13)21-15(24)9-11-10-26-18(20-11)12-7-5-6-8-14(12)25-4-2/h5-8,10H,3-4,9H2,1-2H3,(H2,21,22,23,24). The Morgan fingerprint density at radius 1 is 1.35 bits per heavy atom. The summed E-state index contributed by atoms with van der Waals surface area (Å²) in [5.41, 5.74) is 2.61. The van der Waals surface area contributed by atoms with Crippen LogP contribution < -0.4 is 10.1 Å². The first-order chi connectivity index (χ1) is 12.6. The minimum atomic E-state index is -0.158. The van der Waals surface area contributed by atoms with Crippen molar-refractivity contribution in [1.82, 2.24) is 15.2 Å². The third-order valence-corrected chi connectivity index (χ3v) is 5.48. The van der Waals surface area contributed by atoms with E-state index in [0.717, 1.165) is 38.6 Å². The van der Waals surface area contributed by atoms with Gasteiger partial charge in [0.1, 0.15) is 10.8 Å². The summed E-state index contributed by atoms with van der Waals surface area (Å²) in [6, 6.07) is 7.78. The smallest absolute Gasteiger partial charge is 0.231 e. The van der Waals surface area contributed by atoms with Crippen LogP contribution in [0.1, 0.15) is 25.2 Å². The molecule has 0 atom stereocenters. The van der Waals surface area contributed by atoms with Crippen molar-refractivity contribution in [1.29, 1.82) is 0 Å². The van der Waals surface area contributed by atoms with Crippen molar-refractivity contribution < 1.29 is 9.53 Å². The van der Waals surface area contributed by atoms with Gasteiger partial charge in [-0.25, -0.2) is 4.98 Å². The molecule has 2 N–H and O–H groups in total. The van der Waals surface area contributed by atoms with E-state index in [1.807, 2.05) is 43.5 Å².